The van der Waals surface area contributed by atoms with E-state index in [0.29, 0.717) is 13.1 Å². The van der Waals surface area contributed by atoms with E-state index in [2.05, 4.69) is 10.6 Å². The standard InChI is InChI=1S/C14H20F2N2O/c15-14(16)13(19)11-9-17-7-6-12(11)18-8-10-4-2-1-3-5-10/h1-5,11-14,17-19H,6-9H2/t11?,12-,13+/m1/s1. The fourth-order valence-electron chi connectivity index (χ4n) is 2.53. The van der Waals surface area contributed by atoms with Crippen molar-refractivity contribution in [3.05, 3.63) is 35.9 Å². The van der Waals surface area contributed by atoms with E-state index in [-0.39, 0.29) is 6.04 Å². The van der Waals surface area contributed by atoms with Gasteiger partial charge in [-0.2, -0.15) is 0 Å². The fraction of sp³-hybridized carbons (Fsp3) is 0.571. The SMILES string of the molecule is O[C@H](C(F)F)C1CNCC[C@H]1NCc1ccccc1. The molecule has 0 spiro atoms. The van der Waals surface area contributed by atoms with E-state index in [4.69, 9.17) is 0 Å². The number of halogens is 2. The Morgan fingerprint density at radius 2 is 2.05 bits per heavy atom. The molecule has 106 valence electrons. The van der Waals surface area contributed by atoms with E-state index in [1.165, 1.54) is 0 Å². The molecule has 0 radical (unpaired) electrons. The van der Waals surface area contributed by atoms with Crippen LogP contribution in [0.1, 0.15) is 12.0 Å². The average molecular weight is 270 g/mol. The van der Waals surface area contributed by atoms with Crippen LogP contribution in [0.15, 0.2) is 30.3 Å². The lowest BCUT2D eigenvalue weighted by molar-refractivity contribution is -0.0523. The second-order valence-electron chi connectivity index (χ2n) is 4.95. The molecular weight excluding hydrogens is 250 g/mol. The molecule has 19 heavy (non-hydrogen) atoms. The number of hydrogen-bond donors (Lipinski definition) is 3. The van der Waals surface area contributed by atoms with Crippen LogP contribution in [-0.2, 0) is 6.54 Å². The molecule has 2 rings (SSSR count). The number of aliphatic hydroxyl groups is 1. The van der Waals surface area contributed by atoms with Gasteiger partial charge in [-0.05, 0) is 18.5 Å². The lowest BCUT2D eigenvalue weighted by Crippen LogP contribution is -2.53. The maximum absolute atomic E-state index is 12.6. The molecule has 1 saturated heterocycles. The Hall–Kier alpha value is -1.04. The van der Waals surface area contributed by atoms with Gasteiger partial charge in [0.15, 0.2) is 0 Å². The van der Waals surface area contributed by atoms with Crippen LogP contribution >= 0.6 is 0 Å². The van der Waals surface area contributed by atoms with Gasteiger partial charge in [0.25, 0.3) is 6.43 Å². The normalized spacial score (nSPS) is 25.5. The molecule has 1 unspecified atom stereocenters. The Labute approximate surface area is 112 Å². The Kier molecular flexibility index (Phi) is 5.24. The van der Waals surface area contributed by atoms with Crippen LogP contribution in [-0.4, -0.2) is 36.8 Å². The van der Waals surface area contributed by atoms with Gasteiger partial charge in [0.1, 0.15) is 6.10 Å². The summed E-state index contributed by atoms with van der Waals surface area (Å²) in [5.74, 6) is -0.447. The zero-order valence-electron chi connectivity index (χ0n) is 10.7. The first-order chi connectivity index (χ1) is 9.18. The van der Waals surface area contributed by atoms with Crippen LogP contribution in [0.2, 0.25) is 0 Å². The Balaban J connectivity index is 1.92. The minimum atomic E-state index is -2.69. The Bertz CT molecular complexity index is 375. The molecule has 0 aromatic heterocycles. The van der Waals surface area contributed by atoms with Crippen molar-refractivity contribution in [3.63, 3.8) is 0 Å². The van der Waals surface area contributed by atoms with Crippen molar-refractivity contribution >= 4 is 0 Å². The van der Waals surface area contributed by atoms with Crippen molar-refractivity contribution in [2.45, 2.75) is 31.5 Å². The molecule has 5 heteroatoms. The van der Waals surface area contributed by atoms with Crippen molar-refractivity contribution in [3.8, 4) is 0 Å². The van der Waals surface area contributed by atoms with E-state index in [1.54, 1.807) is 0 Å². The van der Waals surface area contributed by atoms with Crippen molar-refractivity contribution < 1.29 is 13.9 Å². The molecule has 1 aromatic carbocycles. The van der Waals surface area contributed by atoms with Crippen LogP contribution in [0.3, 0.4) is 0 Å². The number of aliphatic hydroxyl groups excluding tert-OH is 1. The minimum Gasteiger partial charge on any atom is -0.387 e. The third-order valence-corrected chi connectivity index (χ3v) is 3.64. The summed E-state index contributed by atoms with van der Waals surface area (Å²) in [6, 6.07) is 9.75. The zero-order valence-corrected chi connectivity index (χ0v) is 10.7. The van der Waals surface area contributed by atoms with Crippen molar-refractivity contribution in [1.82, 2.24) is 10.6 Å². The quantitative estimate of drug-likeness (QED) is 0.757. The van der Waals surface area contributed by atoms with E-state index in [0.717, 1.165) is 18.5 Å². The van der Waals surface area contributed by atoms with Gasteiger partial charge in [0.05, 0.1) is 0 Å². The van der Waals surface area contributed by atoms with Crippen LogP contribution in [0, 0.1) is 5.92 Å². The second-order valence-corrected chi connectivity index (χ2v) is 4.95. The summed E-state index contributed by atoms with van der Waals surface area (Å²) in [6.45, 7) is 1.86. The molecule has 3 atom stereocenters. The zero-order chi connectivity index (χ0) is 13.7. The van der Waals surface area contributed by atoms with Gasteiger partial charge in [0.2, 0.25) is 0 Å². The molecule has 0 aliphatic carbocycles. The number of rotatable bonds is 5. The van der Waals surface area contributed by atoms with Crippen LogP contribution in [0.25, 0.3) is 0 Å². The Morgan fingerprint density at radius 3 is 2.74 bits per heavy atom. The summed E-state index contributed by atoms with van der Waals surface area (Å²) in [7, 11) is 0. The first kappa shape index (κ1) is 14.4. The predicted molar refractivity (Wildman–Crippen MR) is 70.1 cm³/mol. The first-order valence-electron chi connectivity index (χ1n) is 6.62. The van der Waals surface area contributed by atoms with Gasteiger partial charge in [-0.15, -0.1) is 0 Å². The molecule has 3 nitrogen and oxygen atoms in total. The van der Waals surface area contributed by atoms with Gasteiger partial charge in [-0.25, -0.2) is 8.78 Å². The largest absolute Gasteiger partial charge is 0.387 e. The predicted octanol–water partition coefficient (Wildman–Crippen LogP) is 1.38. The third kappa shape index (κ3) is 3.96. The highest BCUT2D eigenvalue weighted by Gasteiger charge is 2.35. The second kappa shape index (κ2) is 6.93. The molecule has 0 amide bonds. The third-order valence-electron chi connectivity index (χ3n) is 3.64. The number of benzene rings is 1. The first-order valence-corrected chi connectivity index (χ1v) is 6.62. The summed E-state index contributed by atoms with van der Waals surface area (Å²) in [4.78, 5) is 0. The van der Waals surface area contributed by atoms with Gasteiger partial charge in [0, 0.05) is 25.0 Å². The Morgan fingerprint density at radius 1 is 1.32 bits per heavy atom. The summed E-state index contributed by atoms with van der Waals surface area (Å²) >= 11 is 0. The molecule has 1 heterocycles. The average Bonchev–Trinajstić information content (AvgIpc) is 2.45. The maximum Gasteiger partial charge on any atom is 0.264 e. The van der Waals surface area contributed by atoms with Crippen molar-refractivity contribution in [2.24, 2.45) is 5.92 Å². The summed E-state index contributed by atoms with van der Waals surface area (Å²) < 4.78 is 25.3. The van der Waals surface area contributed by atoms with Gasteiger partial charge in [-0.3, -0.25) is 0 Å². The smallest absolute Gasteiger partial charge is 0.264 e. The summed E-state index contributed by atoms with van der Waals surface area (Å²) in [5, 5.41) is 15.9. The van der Waals surface area contributed by atoms with Gasteiger partial charge < -0.3 is 15.7 Å². The molecule has 3 N–H and O–H groups in total. The van der Waals surface area contributed by atoms with E-state index >= 15 is 0 Å². The van der Waals surface area contributed by atoms with Crippen LogP contribution in [0.4, 0.5) is 8.78 Å². The van der Waals surface area contributed by atoms with Crippen molar-refractivity contribution in [2.75, 3.05) is 13.1 Å². The van der Waals surface area contributed by atoms with Crippen LogP contribution < -0.4 is 10.6 Å². The molecule has 0 saturated carbocycles. The number of piperidine rings is 1. The summed E-state index contributed by atoms with van der Waals surface area (Å²) in [6.07, 6.45) is -3.51. The molecule has 0 bridgehead atoms. The topological polar surface area (TPSA) is 44.3 Å². The van der Waals surface area contributed by atoms with Crippen LogP contribution in [0.5, 0.6) is 0 Å². The maximum atomic E-state index is 12.6. The number of hydrogen-bond acceptors (Lipinski definition) is 3. The van der Waals surface area contributed by atoms with Gasteiger partial charge in [-0.1, -0.05) is 30.3 Å². The highest BCUT2D eigenvalue weighted by Crippen LogP contribution is 2.20. The molecule has 1 aliphatic heterocycles. The lowest BCUT2D eigenvalue weighted by Gasteiger charge is -2.35. The number of nitrogens with one attached hydrogen (secondary N) is 2. The molecule has 1 fully saturated rings. The summed E-state index contributed by atoms with van der Waals surface area (Å²) in [5.41, 5.74) is 1.12. The highest BCUT2D eigenvalue weighted by molar-refractivity contribution is 5.14. The monoisotopic (exact) mass is 270 g/mol. The lowest BCUT2D eigenvalue weighted by atomic mass is 9.88. The highest BCUT2D eigenvalue weighted by atomic mass is 19.3. The minimum absolute atomic E-state index is 0.0783. The number of alkyl halides is 2. The molecule has 1 aromatic rings. The van der Waals surface area contributed by atoms with E-state index in [9.17, 15) is 13.9 Å². The molecular formula is C14H20F2N2O. The van der Waals surface area contributed by atoms with E-state index < -0.39 is 18.4 Å². The van der Waals surface area contributed by atoms with Crippen molar-refractivity contribution in [1.29, 1.82) is 0 Å². The van der Waals surface area contributed by atoms with E-state index in [1.807, 2.05) is 30.3 Å². The molecule has 1 aliphatic rings. The van der Waals surface area contributed by atoms with Gasteiger partial charge >= 0.3 is 0 Å². The fourth-order valence-corrected chi connectivity index (χ4v) is 2.53.